The molecule has 1 atom stereocenters. The molecule has 1 unspecified atom stereocenters. The largest absolute Gasteiger partial charge is 0.342 e. The smallest absolute Gasteiger partial charge is 0.246 e. The molecule has 1 aliphatic heterocycles. The number of carbonyl (C=O) groups is 2. The lowest BCUT2D eigenvalue weighted by molar-refractivity contribution is -0.147. The van der Waals surface area contributed by atoms with E-state index in [1.165, 1.54) is 32.1 Å². The van der Waals surface area contributed by atoms with E-state index in [-0.39, 0.29) is 29.8 Å². The van der Waals surface area contributed by atoms with Crippen LogP contribution in [0.4, 0.5) is 0 Å². The van der Waals surface area contributed by atoms with Crippen LogP contribution in [0.25, 0.3) is 0 Å². The van der Waals surface area contributed by atoms with Crippen LogP contribution in [0.2, 0.25) is 0 Å². The summed E-state index contributed by atoms with van der Waals surface area (Å²) in [6, 6.07) is -0.380. The maximum Gasteiger partial charge on any atom is 0.246 e. The highest BCUT2D eigenvalue weighted by Crippen LogP contribution is 2.28. The fourth-order valence-corrected chi connectivity index (χ4v) is 3.29. The van der Waals surface area contributed by atoms with Crippen molar-refractivity contribution in [3.8, 4) is 0 Å². The Hall–Kier alpha value is -1.06. The zero-order valence-electron chi connectivity index (χ0n) is 13.1. The van der Waals surface area contributed by atoms with Crippen molar-refractivity contribution in [2.45, 2.75) is 65.3 Å². The summed E-state index contributed by atoms with van der Waals surface area (Å²) in [5.41, 5.74) is -0.226. The second kappa shape index (κ2) is 6.15. The average molecular weight is 280 g/mol. The zero-order chi connectivity index (χ0) is 14.8. The SMILES string of the molecule is CC(C)(C)C1NC(=O)CN(CCC2CCCCC2)C1=O. The fraction of sp³-hybridized carbons (Fsp3) is 0.875. The summed E-state index contributed by atoms with van der Waals surface area (Å²) in [7, 11) is 0. The van der Waals surface area contributed by atoms with Gasteiger partial charge in [0.25, 0.3) is 0 Å². The minimum atomic E-state index is -0.380. The molecule has 1 N–H and O–H groups in total. The number of rotatable bonds is 3. The van der Waals surface area contributed by atoms with Gasteiger partial charge in [0.15, 0.2) is 0 Å². The molecule has 2 amide bonds. The quantitative estimate of drug-likeness (QED) is 0.862. The number of piperazine rings is 1. The molecule has 2 rings (SSSR count). The molecule has 114 valence electrons. The van der Waals surface area contributed by atoms with E-state index in [4.69, 9.17) is 0 Å². The number of carbonyl (C=O) groups excluding carboxylic acids is 2. The van der Waals surface area contributed by atoms with Crippen LogP contribution in [0, 0.1) is 11.3 Å². The zero-order valence-corrected chi connectivity index (χ0v) is 13.1. The van der Waals surface area contributed by atoms with Crippen LogP contribution in [0.15, 0.2) is 0 Å². The van der Waals surface area contributed by atoms with Crippen LogP contribution in [0.5, 0.6) is 0 Å². The highest BCUT2D eigenvalue weighted by atomic mass is 16.2. The molecule has 0 aromatic rings. The predicted molar refractivity (Wildman–Crippen MR) is 79.2 cm³/mol. The minimum absolute atomic E-state index is 0.0202. The molecule has 0 radical (unpaired) electrons. The molecule has 2 aliphatic rings. The first-order chi connectivity index (χ1) is 9.38. The molecule has 0 bridgehead atoms. The Morgan fingerprint density at radius 2 is 1.80 bits per heavy atom. The van der Waals surface area contributed by atoms with E-state index in [0.29, 0.717) is 0 Å². The monoisotopic (exact) mass is 280 g/mol. The normalized spacial score (nSPS) is 25.8. The molecule has 1 heterocycles. The topological polar surface area (TPSA) is 49.4 Å². The van der Waals surface area contributed by atoms with Crippen molar-refractivity contribution in [2.24, 2.45) is 11.3 Å². The second-order valence-electron chi connectivity index (χ2n) is 7.42. The summed E-state index contributed by atoms with van der Waals surface area (Å²) in [6.07, 6.45) is 7.63. The van der Waals surface area contributed by atoms with Crippen molar-refractivity contribution >= 4 is 11.8 Å². The van der Waals surface area contributed by atoms with Crippen LogP contribution in [-0.4, -0.2) is 35.8 Å². The number of hydrogen-bond donors (Lipinski definition) is 1. The van der Waals surface area contributed by atoms with Gasteiger partial charge in [-0.2, -0.15) is 0 Å². The third-order valence-electron chi connectivity index (χ3n) is 4.60. The van der Waals surface area contributed by atoms with Gasteiger partial charge in [-0.1, -0.05) is 52.9 Å². The summed E-state index contributed by atoms with van der Waals surface area (Å²) in [6.45, 7) is 6.98. The van der Waals surface area contributed by atoms with Gasteiger partial charge in [0.05, 0.1) is 6.54 Å². The van der Waals surface area contributed by atoms with Gasteiger partial charge < -0.3 is 10.2 Å². The molecular weight excluding hydrogens is 252 g/mol. The van der Waals surface area contributed by atoms with Crippen molar-refractivity contribution in [1.82, 2.24) is 10.2 Å². The molecule has 4 heteroatoms. The fourth-order valence-electron chi connectivity index (χ4n) is 3.29. The van der Waals surface area contributed by atoms with Crippen LogP contribution < -0.4 is 5.32 Å². The maximum atomic E-state index is 12.5. The highest BCUT2D eigenvalue weighted by molar-refractivity contribution is 5.95. The third kappa shape index (κ3) is 3.74. The molecule has 20 heavy (non-hydrogen) atoms. The van der Waals surface area contributed by atoms with Gasteiger partial charge in [0.1, 0.15) is 6.04 Å². The molecule has 0 aromatic carbocycles. The van der Waals surface area contributed by atoms with Crippen LogP contribution in [0.1, 0.15) is 59.3 Å². The Bertz CT molecular complexity index is 367. The average Bonchev–Trinajstić information content (AvgIpc) is 2.39. The lowest BCUT2D eigenvalue weighted by Gasteiger charge is -2.39. The van der Waals surface area contributed by atoms with E-state index in [9.17, 15) is 9.59 Å². The van der Waals surface area contributed by atoms with E-state index >= 15 is 0 Å². The lowest BCUT2D eigenvalue weighted by Crippen LogP contribution is -2.62. The summed E-state index contributed by atoms with van der Waals surface area (Å²) >= 11 is 0. The Morgan fingerprint density at radius 3 is 2.40 bits per heavy atom. The van der Waals surface area contributed by atoms with E-state index in [1.807, 2.05) is 20.8 Å². The van der Waals surface area contributed by atoms with Crippen molar-refractivity contribution in [2.75, 3.05) is 13.1 Å². The minimum Gasteiger partial charge on any atom is -0.342 e. The lowest BCUT2D eigenvalue weighted by atomic mass is 9.84. The van der Waals surface area contributed by atoms with Crippen molar-refractivity contribution in [3.05, 3.63) is 0 Å². The van der Waals surface area contributed by atoms with Gasteiger partial charge in [-0.05, 0) is 17.8 Å². The molecule has 1 aliphatic carbocycles. The second-order valence-corrected chi connectivity index (χ2v) is 7.42. The number of nitrogens with zero attached hydrogens (tertiary/aromatic N) is 1. The standard InChI is InChI=1S/C16H28N2O2/c1-16(2,3)14-15(20)18(11-13(19)17-14)10-9-12-7-5-4-6-8-12/h12,14H,4-11H2,1-3H3,(H,17,19). The number of hydrogen-bond acceptors (Lipinski definition) is 2. The molecule has 0 spiro atoms. The molecule has 1 saturated heterocycles. The summed E-state index contributed by atoms with van der Waals surface area (Å²) < 4.78 is 0. The van der Waals surface area contributed by atoms with E-state index in [1.54, 1.807) is 4.90 Å². The molecular formula is C16H28N2O2. The summed E-state index contributed by atoms with van der Waals surface area (Å²) in [5.74, 6) is 0.815. The molecule has 1 saturated carbocycles. The summed E-state index contributed by atoms with van der Waals surface area (Å²) in [4.78, 5) is 26.1. The Balaban J connectivity index is 1.92. The van der Waals surface area contributed by atoms with Crippen molar-refractivity contribution < 1.29 is 9.59 Å². The van der Waals surface area contributed by atoms with Gasteiger partial charge in [-0.15, -0.1) is 0 Å². The maximum absolute atomic E-state index is 12.5. The van der Waals surface area contributed by atoms with Crippen LogP contribution in [0.3, 0.4) is 0 Å². The molecule has 0 aromatic heterocycles. The van der Waals surface area contributed by atoms with Crippen molar-refractivity contribution in [3.63, 3.8) is 0 Å². The van der Waals surface area contributed by atoms with Crippen molar-refractivity contribution in [1.29, 1.82) is 0 Å². The number of nitrogens with one attached hydrogen (secondary N) is 1. The van der Waals surface area contributed by atoms with Gasteiger partial charge in [0.2, 0.25) is 11.8 Å². The van der Waals surface area contributed by atoms with Crippen LogP contribution in [-0.2, 0) is 9.59 Å². The first-order valence-corrected chi connectivity index (χ1v) is 7.96. The molecule has 4 nitrogen and oxygen atoms in total. The first-order valence-electron chi connectivity index (χ1n) is 7.96. The van der Waals surface area contributed by atoms with Gasteiger partial charge in [0, 0.05) is 6.54 Å². The van der Waals surface area contributed by atoms with Gasteiger partial charge in [-0.25, -0.2) is 0 Å². The predicted octanol–water partition coefficient (Wildman–Crippen LogP) is 2.33. The van der Waals surface area contributed by atoms with Gasteiger partial charge >= 0.3 is 0 Å². The Morgan fingerprint density at radius 1 is 1.15 bits per heavy atom. The third-order valence-corrected chi connectivity index (χ3v) is 4.60. The highest BCUT2D eigenvalue weighted by Gasteiger charge is 2.39. The van der Waals surface area contributed by atoms with E-state index in [0.717, 1.165) is 18.9 Å². The Kier molecular flexibility index (Phi) is 4.71. The van der Waals surface area contributed by atoms with Gasteiger partial charge in [-0.3, -0.25) is 9.59 Å². The molecule has 2 fully saturated rings. The van der Waals surface area contributed by atoms with E-state index in [2.05, 4.69) is 5.32 Å². The first kappa shape index (κ1) is 15.3. The summed E-state index contributed by atoms with van der Waals surface area (Å²) in [5, 5.41) is 2.84. The van der Waals surface area contributed by atoms with Crippen LogP contribution >= 0.6 is 0 Å². The Labute approximate surface area is 122 Å². The number of amides is 2. The van der Waals surface area contributed by atoms with E-state index < -0.39 is 0 Å².